The largest absolute Gasteiger partial charge is 0.480 e. The molecule has 1 amide bonds. The van der Waals surface area contributed by atoms with E-state index < -0.39 is 6.10 Å². The van der Waals surface area contributed by atoms with E-state index in [0.717, 1.165) is 16.7 Å². The number of rotatable bonds is 5. The minimum absolute atomic E-state index is 0.312. The SMILES string of the molecule is C=C(C)CNC(=S)NNC(=O)[C@@H](C)Oc1c(C)cc(Cl)cc1C. The monoisotopic (exact) mass is 355 g/mol. The first-order valence-electron chi connectivity index (χ1n) is 7.12. The van der Waals surface area contributed by atoms with Crippen molar-refractivity contribution in [2.75, 3.05) is 6.54 Å². The van der Waals surface area contributed by atoms with Crippen LogP contribution in [0.5, 0.6) is 5.75 Å². The summed E-state index contributed by atoms with van der Waals surface area (Å²) < 4.78 is 5.73. The molecular formula is C16H22ClN3O2S. The highest BCUT2D eigenvalue weighted by Gasteiger charge is 2.17. The molecule has 0 saturated heterocycles. The molecule has 1 atom stereocenters. The Morgan fingerprint density at radius 1 is 1.35 bits per heavy atom. The van der Waals surface area contributed by atoms with Gasteiger partial charge in [0.15, 0.2) is 11.2 Å². The number of halogens is 1. The van der Waals surface area contributed by atoms with Gasteiger partial charge in [0.2, 0.25) is 0 Å². The minimum Gasteiger partial charge on any atom is -0.480 e. The molecule has 1 rings (SSSR count). The average Bonchev–Trinajstić information content (AvgIpc) is 2.45. The lowest BCUT2D eigenvalue weighted by Gasteiger charge is -2.19. The highest BCUT2D eigenvalue weighted by Crippen LogP contribution is 2.27. The van der Waals surface area contributed by atoms with E-state index in [1.165, 1.54) is 0 Å². The van der Waals surface area contributed by atoms with Gasteiger partial charge >= 0.3 is 0 Å². The van der Waals surface area contributed by atoms with Gasteiger partial charge in [-0.3, -0.25) is 15.6 Å². The lowest BCUT2D eigenvalue weighted by Crippen LogP contribution is -2.50. The molecule has 5 nitrogen and oxygen atoms in total. The predicted molar refractivity (Wildman–Crippen MR) is 97.7 cm³/mol. The summed E-state index contributed by atoms with van der Waals surface area (Å²) in [6.07, 6.45) is -0.690. The van der Waals surface area contributed by atoms with Gasteiger partial charge < -0.3 is 10.1 Å². The van der Waals surface area contributed by atoms with Gasteiger partial charge in [0, 0.05) is 11.6 Å². The second-order valence-corrected chi connectivity index (χ2v) is 6.23. The topological polar surface area (TPSA) is 62.4 Å². The lowest BCUT2D eigenvalue weighted by molar-refractivity contribution is -0.127. The van der Waals surface area contributed by atoms with Crippen molar-refractivity contribution in [1.82, 2.24) is 16.2 Å². The summed E-state index contributed by atoms with van der Waals surface area (Å²) in [6.45, 7) is 11.6. The Kier molecular flexibility index (Phi) is 7.32. The number of nitrogens with one attached hydrogen (secondary N) is 3. The highest BCUT2D eigenvalue weighted by molar-refractivity contribution is 7.80. The van der Waals surface area contributed by atoms with Crippen LogP contribution in [0.15, 0.2) is 24.3 Å². The maximum atomic E-state index is 12.0. The number of aryl methyl sites for hydroxylation is 2. The third-order valence-electron chi connectivity index (χ3n) is 2.94. The highest BCUT2D eigenvalue weighted by atomic mass is 35.5. The fourth-order valence-electron chi connectivity index (χ4n) is 1.81. The van der Waals surface area contributed by atoms with Crippen LogP contribution >= 0.6 is 23.8 Å². The zero-order chi connectivity index (χ0) is 17.6. The summed E-state index contributed by atoms with van der Waals surface area (Å²) >= 11 is 11.0. The number of thiocarbonyl (C=S) groups is 1. The minimum atomic E-state index is -0.690. The second-order valence-electron chi connectivity index (χ2n) is 5.38. The van der Waals surface area contributed by atoms with Crippen LogP contribution in [0.2, 0.25) is 5.02 Å². The van der Waals surface area contributed by atoms with Crippen LogP contribution in [0.4, 0.5) is 0 Å². The van der Waals surface area contributed by atoms with Crippen molar-refractivity contribution in [3.63, 3.8) is 0 Å². The summed E-state index contributed by atoms with van der Waals surface area (Å²) in [6, 6.07) is 3.59. The zero-order valence-electron chi connectivity index (χ0n) is 13.7. The van der Waals surface area contributed by atoms with Gasteiger partial charge in [0.25, 0.3) is 5.91 Å². The smallest absolute Gasteiger partial charge is 0.279 e. The van der Waals surface area contributed by atoms with Crippen molar-refractivity contribution in [3.05, 3.63) is 40.4 Å². The molecule has 0 aromatic heterocycles. The number of hydrogen-bond acceptors (Lipinski definition) is 3. The predicted octanol–water partition coefficient (Wildman–Crippen LogP) is 2.80. The number of ether oxygens (including phenoxy) is 1. The first-order chi connectivity index (χ1) is 10.7. The Morgan fingerprint density at radius 3 is 2.43 bits per heavy atom. The van der Waals surface area contributed by atoms with Crippen LogP contribution in [0, 0.1) is 13.8 Å². The van der Waals surface area contributed by atoms with Crippen molar-refractivity contribution in [3.8, 4) is 5.75 Å². The summed E-state index contributed by atoms with van der Waals surface area (Å²) in [7, 11) is 0. The lowest BCUT2D eigenvalue weighted by atomic mass is 10.1. The first-order valence-corrected chi connectivity index (χ1v) is 7.90. The van der Waals surface area contributed by atoms with Crippen LogP contribution in [0.1, 0.15) is 25.0 Å². The van der Waals surface area contributed by atoms with Crippen LogP contribution in [-0.4, -0.2) is 23.7 Å². The molecule has 3 N–H and O–H groups in total. The molecule has 1 aromatic carbocycles. The van der Waals surface area contributed by atoms with Crippen molar-refractivity contribution in [2.45, 2.75) is 33.8 Å². The van der Waals surface area contributed by atoms with Gasteiger partial charge in [-0.05, 0) is 63.2 Å². The maximum Gasteiger partial charge on any atom is 0.279 e. The van der Waals surface area contributed by atoms with Crippen LogP contribution in [0.3, 0.4) is 0 Å². The van der Waals surface area contributed by atoms with E-state index in [0.29, 0.717) is 22.4 Å². The van der Waals surface area contributed by atoms with Crippen LogP contribution < -0.4 is 20.9 Å². The molecule has 0 aliphatic rings. The molecule has 0 unspecified atom stereocenters. The molecule has 7 heteroatoms. The molecule has 0 fully saturated rings. The Bertz CT molecular complexity index is 596. The van der Waals surface area contributed by atoms with Gasteiger partial charge in [-0.15, -0.1) is 0 Å². The van der Waals surface area contributed by atoms with E-state index in [-0.39, 0.29) is 5.91 Å². The quantitative estimate of drug-likeness (QED) is 0.430. The molecule has 0 heterocycles. The van der Waals surface area contributed by atoms with Crippen molar-refractivity contribution in [2.24, 2.45) is 0 Å². The molecule has 1 aromatic rings. The average molecular weight is 356 g/mol. The zero-order valence-corrected chi connectivity index (χ0v) is 15.3. The van der Waals surface area contributed by atoms with Crippen LogP contribution in [-0.2, 0) is 4.79 Å². The summed E-state index contributed by atoms with van der Waals surface area (Å²) in [5.74, 6) is 0.318. The standard InChI is InChI=1S/C16H22ClN3O2S/c1-9(2)8-18-16(23)20-19-15(21)12(5)22-14-10(3)6-13(17)7-11(14)4/h6-7,12H,1,8H2,2-5H3,(H,19,21)(H2,18,20,23)/t12-/m1/s1. The second kappa shape index (κ2) is 8.74. The summed E-state index contributed by atoms with van der Waals surface area (Å²) in [5.41, 5.74) is 7.81. The van der Waals surface area contributed by atoms with Gasteiger partial charge in [-0.2, -0.15) is 0 Å². The van der Waals surface area contributed by atoms with Crippen molar-refractivity contribution < 1.29 is 9.53 Å². The number of amides is 1. The van der Waals surface area contributed by atoms with Gasteiger partial charge in [0.05, 0.1) is 0 Å². The number of benzene rings is 1. The molecule has 0 saturated carbocycles. The Morgan fingerprint density at radius 2 is 1.91 bits per heavy atom. The van der Waals surface area contributed by atoms with E-state index in [2.05, 4.69) is 22.7 Å². The molecule has 126 valence electrons. The molecule has 0 bridgehead atoms. The normalized spacial score (nSPS) is 11.3. The van der Waals surface area contributed by atoms with Gasteiger partial charge in [-0.1, -0.05) is 23.8 Å². The molecular weight excluding hydrogens is 334 g/mol. The molecule has 23 heavy (non-hydrogen) atoms. The van der Waals surface area contributed by atoms with Gasteiger partial charge in [0.1, 0.15) is 5.75 Å². The number of hydrogen-bond donors (Lipinski definition) is 3. The van der Waals surface area contributed by atoms with E-state index in [1.54, 1.807) is 19.1 Å². The maximum absolute atomic E-state index is 12.0. The van der Waals surface area contributed by atoms with E-state index >= 15 is 0 Å². The number of carbonyl (C=O) groups is 1. The summed E-state index contributed by atoms with van der Waals surface area (Å²) in [4.78, 5) is 12.0. The molecule has 0 aliphatic heterocycles. The molecule has 0 radical (unpaired) electrons. The Hall–Kier alpha value is -1.79. The third-order valence-corrected chi connectivity index (χ3v) is 3.40. The Labute approximate surface area is 147 Å². The fourth-order valence-corrected chi connectivity index (χ4v) is 2.26. The van der Waals surface area contributed by atoms with E-state index in [9.17, 15) is 4.79 Å². The third kappa shape index (κ3) is 6.46. The van der Waals surface area contributed by atoms with Crippen molar-refractivity contribution in [1.29, 1.82) is 0 Å². The summed E-state index contributed by atoms with van der Waals surface area (Å²) in [5, 5.41) is 3.85. The van der Waals surface area contributed by atoms with Crippen LogP contribution in [0.25, 0.3) is 0 Å². The first kappa shape index (κ1) is 19.3. The van der Waals surface area contributed by atoms with E-state index in [4.69, 9.17) is 28.6 Å². The number of carbonyl (C=O) groups excluding carboxylic acids is 1. The molecule has 0 aliphatic carbocycles. The van der Waals surface area contributed by atoms with Gasteiger partial charge in [-0.25, -0.2) is 0 Å². The molecule has 0 spiro atoms. The fraction of sp³-hybridized carbons (Fsp3) is 0.375. The van der Waals surface area contributed by atoms with Crippen molar-refractivity contribution >= 4 is 34.8 Å². The van der Waals surface area contributed by atoms with E-state index in [1.807, 2.05) is 20.8 Å². The Balaban J connectivity index is 2.55. The number of hydrazine groups is 1.